The standard InChI is InChI=1S/C16H16ClF3N4O.ClH/c17-10-1-3-12(4-2-10)24-14(16(18,19)20)13(9-22-24)15(25)23-7-5-11(21)6-8-23;/h1-4,9,11H,5-8,21H2;1H. The Morgan fingerprint density at radius 1 is 1.19 bits per heavy atom. The fourth-order valence-electron chi connectivity index (χ4n) is 2.83. The Balaban J connectivity index is 0.00000243. The van der Waals surface area contributed by atoms with Crippen molar-refractivity contribution in [1.82, 2.24) is 14.7 Å². The molecule has 0 radical (unpaired) electrons. The Morgan fingerprint density at radius 3 is 2.31 bits per heavy atom. The van der Waals surface area contributed by atoms with E-state index in [-0.39, 0.29) is 24.1 Å². The number of nitrogens with two attached hydrogens (primary N) is 1. The van der Waals surface area contributed by atoms with E-state index in [9.17, 15) is 18.0 Å². The highest BCUT2D eigenvalue weighted by molar-refractivity contribution is 6.30. The van der Waals surface area contributed by atoms with Crippen LogP contribution in [0.4, 0.5) is 13.2 Å². The lowest BCUT2D eigenvalue weighted by Gasteiger charge is -2.30. The summed E-state index contributed by atoms with van der Waals surface area (Å²) in [5, 5.41) is 4.19. The second kappa shape index (κ2) is 7.85. The highest BCUT2D eigenvalue weighted by Crippen LogP contribution is 2.34. The summed E-state index contributed by atoms with van der Waals surface area (Å²) in [6.45, 7) is 0.673. The molecule has 1 fully saturated rings. The molecule has 3 rings (SSSR count). The molecule has 142 valence electrons. The summed E-state index contributed by atoms with van der Waals surface area (Å²) in [4.78, 5) is 14.0. The number of carbonyl (C=O) groups is 1. The van der Waals surface area contributed by atoms with Gasteiger partial charge in [-0.15, -0.1) is 12.4 Å². The van der Waals surface area contributed by atoms with Crippen molar-refractivity contribution in [2.24, 2.45) is 5.73 Å². The summed E-state index contributed by atoms with van der Waals surface area (Å²) in [6.07, 6.45) is -2.63. The van der Waals surface area contributed by atoms with Gasteiger partial charge in [-0.2, -0.15) is 18.3 Å². The van der Waals surface area contributed by atoms with Crippen LogP contribution in [0.15, 0.2) is 30.5 Å². The van der Waals surface area contributed by atoms with Gasteiger partial charge in [0.2, 0.25) is 0 Å². The van der Waals surface area contributed by atoms with Crippen LogP contribution in [0, 0.1) is 0 Å². The number of halogens is 5. The van der Waals surface area contributed by atoms with E-state index < -0.39 is 23.3 Å². The van der Waals surface area contributed by atoms with Crippen molar-refractivity contribution in [1.29, 1.82) is 0 Å². The number of rotatable bonds is 2. The normalized spacial score (nSPS) is 15.7. The predicted molar refractivity (Wildman–Crippen MR) is 93.9 cm³/mol. The number of alkyl halides is 3. The highest BCUT2D eigenvalue weighted by atomic mass is 35.5. The second-order valence-electron chi connectivity index (χ2n) is 5.92. The van der Waals surface area contributed by atoms with Gasteiger partial charge in [-0.1, -0.05) is 11.6 Å². The maximum Gasteiger partial charge on any atom is 0.434 e. The minimum atomic E-state index is -4.73. The summed E-state index contributed by atoms with van der Waals surface area (Å²) < 4.78 is 41.6. The van der Waals surface area contributed by atoms with Gasteiger partial charge in [0, 0.05) is 24.2 Å². The largest absolute Gasteiger partial charge is 0.434 e. The highest BCUT2D eigenvalue weighted by Gasteiger charge is 2.41. The lowest BCUT2D eigenvalue weighted by Crippen LogP contribution is -2.43. The zero-order chi connectivity index (χ0) is 18.2. The number of piperidine rings is 1. The molecule has 0 saturated carbocycles. The lowest BCUT2D eigenvalue weighted by molar-refractivity contribution is -0.143. The first kappa shape index (κ1) is 20.5. The van der Waals surface area contributed by atoms with E-state index in [4.69, 9.17) is 17.3 Å². The molecule has 2 aromatic rings. The summed E-state index contributed by atoms with van der Waals surface area (Å²) >= 11 is 5.77. The lowest BCUT2D eigenvalue weighted by atomic mass is 10.0. The third-order valence-corrected chi connectivity index (χ3v) is 4.42. The van der Waals surface area contributed by atoms with Gasteiger partial charge in [-0.05, 0) is 37.1 Å². The molecule has 26 heavy (non-hydrogen) atoms. The Kier molecular flexibility index (Phi) is 6.21. The minimum absolute atomic E-state index is 0. The van der Waals surface area contributed by atoms with Crippen LogP contribution in [0.5, 0.6) is 0 Å². The number of carbonyl (C=O) groups excluding carboxylic acids is 1. The average Bonchev–Trinajstić information content (AvgIpc) is 3.01. The summed E-state index contributed by atoms with van der Waals surface area (Å²) in [6, 6.07) is 5.73. The van der Waals surface area contributed by atoms with Gasteiger partial charge < -0.3 is 10.6 Å². The second-order valence-corrected chi connectivity index (χ2v) is 6.36. The smallest absolute Gasteiger partial charge is 0.338 e. The molecule has 1 aromatic heterocycles. The first-order chi connectivity index (χ1) is 11.8. The van der Waals surface area contributed by atoms with Crippen LogP contribution in [0.25, 0.3) is 5.69 Å². The number of nitrogens with zero attached hydrogens (tertiary/aromatic N) is 3. The fraction of sp³-hybridized carbons (Fsp3) is 0.375. The van der Waals surface area contributed by atoms with Gasteiger partial charge in [0.25, 0.3) is 5.91 Å². The number of hydrogen-bond acceptors (Lipinski definition) is 3. The molecule has 0 atom stereocenters. The average molecular weight is 409 g/mol. The van der Waals surface area contributed by atoms with E-state index in [0.717, 1.165) is 10.9 Å². The molecule has 2 heterocycles. The van der Waals surface area contributed by atoms with Gasteiger partial charge in [0.15, 0.2) is 5.69 Å². The topological polar surface area (TPSA) is 64.2 Å². The van der Waals surface area contributed by atoms with E-state index in [2.05, 4.69) is 5.10 Å². The van der Waals surface area contributed by atoms with Crippen molar-refractivity contribution in [2.45, 2.75) is 25.1 Å². The molecule has 0 spiro atoms. The Bertz CT molecular complexity index is 769. The molecule has 1 aromatic carbocycles. The van der Waals surface area contributed by atoms with Gasteiger partial charge in [-0.3, -0.25) is 4.79 Å². The van der Waals surface area contributed by atoms with E-state index in [1.54, 1.807) is 0 Å². The molecular weight excluding hydrogens is 392 g/mol. The molecule has 1 saturated heterocycles. The molecule has 10 heteroatoms. The van der Waals surface area contributed by atoms with Crippen molar-refractivity contribution in [3.05, 3.63) is 46.7 Å². The first-order valence-electron chi connectivity index (χ1n) is 7.73. The molecule has 0 aliphatic carbocycles. The SMILES string of the molecule is Cl.NC1CCN(C(=O)c2cnn(-c3ccc(Cl)cc3)c2C(F)(F)F)CC1. The molecular formula is C16H17Cl2F3N4O. The van der Waals surface area contributed by atoms with E-state index in [0.29, 0.717) is 31.0 Å². The number of hydrogen-bond donors (Lipinski definition) is 1. The van der Waals surface area contributed by atoms with Crippen LogP contribution in [0.3, 0.4) is 0 Å². The molecule has 1 aliphatic heterocycles. The maximum atomic E-state index is 13.6. The third-order valence-electron chi connectivity index (χ3n) is 4.17. The minimum Gasteiger partial charge on any atom is -0.338 e. The molecule has 1 aliphatic rings. The third kappa shape index (κ3) is 4.13. The molecule has 1 amide bonds. The van der Waals surface area contributed by atoms with E-state index >= 15 is 0 Å². The maximum absolute atomic E-state index is 13.6. The van der Waals surface area contributed by atoms with Gasteiger partial charge in [0.1, 0.15) is 0 Å². The van der Waals surface area contributed by atoms with E-state index in [1.165, 1.54) is 29.2 Å². The van der Waals surface area contributed by atoms with Crippen LogP contribution >= 0.6 is 24.0 Å². The molecule has 5 nitrogen and oxygen atoms in total. The predicted octanol–water partition coefficient (Wildman–Crippen LogP) is 3.53. The Hall–Kier alpha value is -1.77. The Morgan fingerprint density at radius 2 is 1.77 bits per heavy atom. The van der Waals surface area contributed by atoms with Crippen LogP contribution < -0.4 is 5.73 Å². The first-order valence-corrected chi connectivity index (χ1v) is 8.11. The summed E-state index contributed by atoms with van der Waals surface area (Å²) in [5.41, 5.74) is 4.41. The summed E-state index contributed by atoms with van der Waals surface area (Å²) in [5.74, 6) is -0.681. The summed E-state index contributed by atoms with van der Waals surface area (Å²) in [7, 11) is 0. The zero-order valence-corrected chi connectivity index (χ0v) is 15.1. The van der Waals surface area contributed by atoms with E-state index in [1.807, 2.05) is 0 Å². The van der Waals surface area contributed by atoms with Crippen LogP contribution in [0.2, 0.25) is 5.02 Å². The van der Waals surface area contributed by atoms with Crippen molar-refractivity contribution in [3.63, 3.8) is 0 Å². The zero-order valence-electron chi connectivity index (χ0n) is 13.5. The van der Waals surface area contributed by atoms with Gasteiger partial charge in [-0.25, -0.2) is 4.68 Å². The van der Waals surface area contributed by atoms with Crippen LogP contribution in [-0.2, 0) is 6.18 Å². The Labute approximate surface area is 159 Å². The van der Waals surface area contributed by atoms with Crippen LogP contribution in [0.1, 0.15) is 28.9 Å². The number of aromatic nitrogens is 2. The number of likely N-dealkylation sites (tertiary alicyclic amines) is 1. The molecule has 2 N–H and O–H groups in total. The van der Waals surface area contributed by atoms with Crippen molar-refractivity contribution >= 4 is 29.9 Å². The van der Waals surface area contributed by atoms with Crippen molar-refractivity contribution in [2.75, 3.05) is 13.1 Å². The van der Waals surface area contributed by atoms with Gasteiger partial charge in [0.05, 0.1) is 17.4 Å². The quantitative estimate of drug-likeness (QED) is 0.826. The monoisotopic (exact) mass is 408 g/mol. The van der Waals surface area contributed by atoms with Crippen molar-refractivity contribution in [3.8, 4) is 5.69 Å². The van der Waals surface area contributed by atoms with Gasteiger partial charge >= 0.3 is 6.18 Å². The van der Waals surface area contributed by atoms with Crippen LogP contribution in [-0.4, -0.2) is 39.7 Å². The van der Waals surface area contributed by atoms with Crippen molar-refractivity contribution < 1.29 is 18.0 Å². The molecule has 0 unspecified atom stereocenters. The fourth-order valence-corrected chi connectivity index (χ4v) is 2.95. The number of amides is 1. The number of benzene rings is 1. The molecule has 0 bridgehead atoms.